The number of carbonyl (C=O) groups is 1. The first-order chi connectivity index (χ1) is 9.31. The highest BCUT2D eigenvalue weighted by Gasteiger charge is 2.36. The van der Waals surface area contributed by atoms with Crippen molar-refractivity contribution in [1.82, 2.24) is 0 Å². The molecule has 0 saturated heterocycles. The van der Waals surface area contributed by atoms with E-state index in [0.717, 1.165) is 9.17 Å². The summed E-state index contributed by atoms with van der Waals surface area (Å²) in [5.41, 5.74) is -0.0176. The molecule has 108 valence electrons. The highest BCUT2D eigenvalue weighted by atomic mass is 79.9. The number of benzene rings is 1. The van der Waals surface area contributed by atoms with Crippen LogP contribution in [0.3, 0.4) is 0 Å². The second-order valence-corrected chi connectivity index (χ2v) is 6.61. The van der Waals surface area contributed by atoms with Crippen LogP contribution in [0, 0.1) is 5.92 Å². The van der Waals surface area contributed by atoms with E-state index in [0.29, 0.717) is 5.39 Å². The number of hydrogen-bond donors (Lipinski definition) is 1. The first-order valence-electron chi connectivity index (χ1n) is 6.07. The number of carboxylic acid groups (broad SMARTS) is 1. The molecule has 20 heavy (non-hydrogen) atoms. The maximum absolute atomic E-state index is 14.4. The largest absolute Gasteiger partial charge is 0.481 e. The number of aliphatic carboxylic acids is 1. The zero-order valence-corrected chi connectivity index (χ0v) is 13.1. The number of thiophene rings is 1. The summed E-state index contributed by atoms with van der Waals surface area (Å²) >= 11 is 4.61. The van der Waals surface area contributed by atoms with Gasteiger partial charge in [0.2, 0.25) is 0 Å². The van der Waals surface area contributed by atoms with Crippen LogP contribution in [-0.4, -0.2) is 11.1 Å². The molecular formula is C14H13BrF2O2S. The van der Waals surface area contributed by atoms with Crippen LogP contribution in [0.15, 0.2) is 28.1 Å². The van der Waals surface area contributed by atoms with Crippen LogP contribution in [0.5, 0.6) is 0 Å². The fourth-order valence-electron chi connectivity index (χ4n) is 2.22. The maximum atomic E-state index is 14.4. The second kappa shape index (κ2) is 5.77. The van der Waals surface area contributed by atoms with Gasteiger partial charge in [0.15, 0.2) is 0 Å². The van der Waals surface area contributed by atoms with Crippen molar-refractivity contribution in [2.24, 2.45) is 5.92 Å². The molecule has 1 aromatic heterocycles. The zero-order valence-electron chi connectivity index (χ0n) is 10.7. The minimum atomic E-state index is -3.02. The summed E-state index contributed by atoms with van der Waals surface area (Å²) in [4.78, 5) is 10.6. The Labute approximate surface area is 127 Å². The summed E-state index contributed by atoms with van der Waals surface area (Å²) in [5.74, 6) is -4.65. The zero-order chi connectivity index (χ0) is 14.9. The topological polar surface area (TPSA) is 37.3 Å². The average Bonchev–Trinajstić information content (AvgIpc) is 2.72. The summed E-state index contributed by atoms with van der Waals surface area (Å²) in [6, 6.07) is 5.20. The van der Waals surface area contributed by atoms with Gasteiger partial charge < -0.3 is 5.11 Å². The van der Waals surface area contributed by atoms with Gasteiger partial charge in [0, 0.05) is 38.3 Å². The molecule has 0 aliphatic heterocycles. The molecule has 2 aromatic rings. The third-order valence-corrected chi connectivity index (χ3v) is 5.03. The Morgan fingerprint density at radius 2 is 2.20 bits per heavy atom. The van der Waals surface area contributed by atoms with E-state index < -0.39 is 24.2 Å². The van der Waals surface area contributed by atoms with E-state index in [2.05, 4.69) is 15.9 Å². The molecule has 0 amide bonds. The standard InChI is InChI=1S/C14H13BrF2O2S/c1-8(5-12(18)19)6-14(16,17)10-7-20-13-9(10)3-2-4-11(13)15/h2-4,7-8H,5-6H2,1H3,(H,18,19). The SMILES string of the molecule is CC(CC(=O)O)CC(F)(F)c1csc2c(Br)cccc12. The van der Waals surface area contributed by atoms with Gasteiger partial charge in [-0.15, -0.1) is 11.3 Å². The fraction of sp³-hybridized carbons (Fsp3) is 0.357. The Hall–Kier alpha value is -1.01. The Bertz CT molecular complexity index is 639. The Kier molecular flexibility index (Phi) is 4.44. The van der Waals surface area contributed by atoms with E-state index in [1.165, 1.54) is 23.6 Å². The molecule has 6 heteroatoms. The molecule has 0 spiro atoms. The van der Waals surface area contributed by atoms with Crippen LogP contribution in [0.25, 0.3) is 10.1 Å². The van der Waals surface area contributed by atoms with Gasteiger partial charge in [-0.1, -0.05) is 19.1 Å². The van der Waals surface area contributed by atoms with Gasteiger partial charge in [-0.05, 0) is 27.9 Å². The summed E-state index contributed by atoms with van der Waals surface area (Å²) < 4.78 is 30.3. The molecule has 1 heterocycles. The third kappa shape index (κ3) is 3.17. The Morgan fingerprint density at radius 1 is 1.50 bits per heavy atom. The summed E-state index contributed by atoms with van der Waals surface area (Å²) in [7, 11) is 0. The Morgan fingerprint density at radius 3 is 2.85 bits per heavy atom. The van der Waals surface area contributed by atoms with Crippen LogP contribution in [0.4, 0.5) is 8.78 Å². The van der Waals surface area contributed by atoms with Crippen molar-refractivity contribution < 1.29 is 18.7 Å². The van der Waals surface area contributed by atoms with Gasteiger partial charge in [-0.25, -0.2) is 8.78 Å². The van der Waals surface area contributed by atoms with Gasteiger partial charge in [-0.2, -0.15) is 0 Å². The van der Waals surface area contributed by atoms with Crippen LogP contribution in [-0.2, 0) is 10.7 Å². The quantitative estimate of drug-likeness (QED) is 0.787. The molecule has 1 N–H and O–H groups in total. The van der Waals surface area contributed by atoms with Crippen molar-refractivity contribution >= 4 is 43.3 Å². The molecular weight excluding hydrogens is 350 g/mol. The predicted octanol–water partition coefficient (Wildman–Crippen LogP) is 5.26. The summed E-state index contributed by atoms with van der Waals surface area (Å²) in [6.45, 7) is 1.53. The molecule has 0 aliphatic rings. The molecule has 1 aromatic carbocycles. The van der Waals surface area contributed by atoms with Crippen molar-refractivity contribution in [3.63, 3.8) is 0 Å². The average molecular weight is 363 g/mol. The number of carboxylic acids is 1. The van der Waals surface area contributed by atoms with Crippen molar-refractivity contribution in [2.75, 3.05) is 0 Å². The number of alkyl halides is 2. The molecule has 2 rings (SSSR count). The maximum Gasteiger partial charge on any atom is 0.303 e. The molecule has 0 aliphatic carbocycles. The van der Waals surface area contributed by atoms with E-state index in [4.69, 9.17) is 5.11 Å². The Balaban J connectivity index is 2.32. The second-order valence-electron chi connectivity index (χ2n) is 4.88. The monoisotopic (exact) mass is 362 g/mol. The molecule has 0 radical (unpaired) electrons. The molecule has 0 fully saturated rings. The lowest BCUT2D eigenvalue weighted by Gasteiger charge is -2.19. The normalized spacial score (nSPS) is 13.6. The van der Waals surface area contributed by atoms with E-state index in [9.17, 15) is 13.6 Å². The number of rotatable bonds is 5. The van der Waals surface area contributed by atoms with E-state index in [-0.39, 0.29) is 12.0 Å². The molecule has 1 unspecified atom stereocenters. The van der Waals surface area contributed by atoms with Gasteiger partial charge in [-0.3, -0.25) is 4.79 Å². The highest BCUT2D eigenvalue weighted by molar-refractivity contribution is 9.10. The molecule has 1 atom stereocenters. The lowest BCUT2D eigenvalue weighted by molar-refractivity contribution is -0.138. The number of halogens is 3. The predicted molar refractivity (Wildman–Crippen MR) is 79.5 cm³/mol. The lowest BCUT2D eigenvalue weighted by Crippen LogP contribution is -2.18. The van der Waals surface area contributed by atoms with Gasteiger partial charge in [0.25, 0.3) is 5.92 Å². The summed E-state index contributed by atoms with van der Waals surface area (Å²) in [5, 5.41) is 10.7. The van der Waals surface area contributed by atoms with Crippen LogP contribution >= 0.6 is 27.3 Å². The van der Waals surface area contributed by atoms with Crippen molar-refractivity contribution in [2.45, 2.75) is 25.7 Å². The fourth-order valence-corrected chi connectivity index (χ4v) is 3.89. The highest BCUT2D eigenvalue weighted by Crippen LogP contribution is 2.43. The summed E-state index contributed by atoms with van der Waals surface area (Å²) in [6.07, 6.45) is -0.709. The van der Waals surface area contributed by atoms with Crippen LogP contribution in [0.2, 0.25) is 0 Å². The van der Waals surface area contributed by atoms with Crippen molar-refractivity contribution in [1.29, 1.82) is 0 Å². The number of hydrogen-bond acceptors (Lipinski definition) is 2. The van der Waals surface area contributed by atoms with Gasteiger partial charge in [0.05, 0.1) is 0 Å². The van der Waals surface area contributed by atoms with Gasteiger partial charge in [0.1, 0.15) is 0 Å². The lowest BCUT2D eigenvalue weighted by atomic mass is 9.95. The van der Waals surface area contributed by atoms with Crippen LogP contribution in [0.1, 0.15) is 25.3 Å². The van der Waals surface area contributed by atoms with Crippen molar-refractivity contribution in [3.8, 4) is 0 Å². The molecule has 2 nitrogen and oxygen atoms in total. The molecule has 0 saturated carbocycles. The van der Waals surface area contributed by atoms with Gasteiger partial charge >= 0.3 is 5.97 Å². The van der Waals surface area contributed by atoms with E-state index in [1.54, 1.807) is 12.1 Å². The smallest absolute Gasteiger partial charge is 0.303 e. The first kappa shape index (κ1) is 15.4. The van der Waals surface area contributed by atoms with Crippen LogP contribution < -0.4 is 0 Å². The first-order valence-corrected chi connectivity index (χ1v) is 7.74. The molecule has 0 bridgehead atoms. The van der Waals surface area contributed by atoms with Crippen molar-refractivity contribution in [3.05, 3.63) is 33.6 Å². The minimum Gasteiger partial charge on any atom is -0.481 e. The van der Waals surface area contributed by atoms with E-state index >= 15 is 0 Å². The van der Waals surface area contributed by atoms with E-state index in [1.807, 2.05) is 6.07 Å². The number of fused-ring (bicyclic) bond motifs is 1. The third-order valence-electron chi connectivity index (χ3n) is 3.07. The minimum absolute atomic E-state index is 0.0176.